The second-order valence-electron chi connectivity index (χ2n) is 4.78. The van der Waals surface area contributed by atoms with Gasteiger partial charge in [0, 0.05) is 23.8 Å². The lowest BCUT2D eigenvalue weighted by molar-refractivity contribution is 0.251. The van der Waals surface area contributed by atoms with E-state index < -0.39 is 0 Å². The van der Waals surface area contributed by atoms with Crippen LogP contribution in [0.4, 0.5) is 10.6 Å². The van der Waals surface area contributed by atoms with Crippen LogP contribution in [-0.2, 0) is 6.54 Å². The fourth-order valence-electron chi connectivity index (χ4n) is 2.06. The molecular formula is C15H14ClN5O2. The van der Waals surface area contributed by atoms with Gasteiger partial charge in [-0.3, -0.25) is 10.4 Å². The first-order valence-electron chi connectivity index (χ1n) is 6.83. The second-order valence-corrected chi connectivity index (χ2v) is 5.22. The van der Waals surface area contributed by atoms with E-state index in [1.54, 1.807) is 24.4 Å². The standard InChI is InChI=1S/C15H14ClN5O2/c1-23-14-11-8-17-13(6-12(11)20-21-14)19-15(22)18-7-9-2-4-10(16)5-3-9/h2-6,8H,7H2,1H3,(H,20,21)(H2,17,18,19,22). The predicted molar refractivity (Wildman–Crippen MR) is 87.8 cm³/mol. The molecule has 3 N–H and O–H groups in total. The molecule has 0 saturated carbocycles. The number of H-pyrrole nitrogens is 1. The molecular weight excluding hydrogens is 318 g/mol. The van der Waals surface area contributed by atoms with Gasteiger partial charge in [0.15, 0.2) is 0 Å². The topological polar surface area (TPSA) is 91.9 Å². The van der Waals surface area contributed by atoms with Crippen molar-refractivity contribution in [2.75, 3.05) is 12.4 Å². The molecule has 0 fully saturated rings. The molecule has 0 radical (unpaired) electrons. The minimum Gasteiger partial charge on any atom is -0.479 e. The Morgan fingerprint density at radius 2 is 2.13 bits per heavy atom. The number of pyridine rings is 1. The van der Waals surface area contributed by atoms with Crippen LogP contribution < -0.4 is 15.4 Å². The van der Waals surface area contributed by atoms with Crippen LogP contribution in [0.15, 0.2) is 36.5 Å². The average Bonchev–Trinajstić information content (AvgIpc) is 2.96. The van der Waals surface area contributed by atoms with E-state index >= 15 is 0 Å². The van der Waals surface area contributed by atoms with E-state index in [1.807, 2.05) is 12.1 Å². The number of nitrogens with one attached hydrogen (secondary N) is 3. The van der Waals surface area contributed by atoms with E-state index in [0.29, 0.717) is 23.3 Å². The fourth-order valence-corrected chi connectivity index (χ4v) is 2.18. The highest BCUT2D eigenvalue weighted by Crippen LogP contribution is 2.22. The maximum Gasteiger partial charge on any atom is 0.320 e. The Bertz CT molecular complexity index is 832. The zero-order chi connectivity index (χ0) is 16.2. The number of rotatable bonds is 4. The molecule has 1 aromatic carbocycles. The van der Waals surface area contributed by atoms with E-state index in [1.165, 1.54) is 7.11 Å². The lowest BCUT2D eigenvalue weighted by Crippen LogP contribution is -2.28. The molecule has 0 aliphatic carbocycles. The number of aromatic amines is 1. The predicted octanol–water partition coefficient (Wildman–Crippen LogP) is 2.94. The van der Waals surface area contributed by atoms with E-state index in [2.05, 4.69) is 25.8 Å². The van der Waals surface area contributed by atoms with Gasteiger partial charge in [0.25, 0.3) is 0 Å². The minimum absolute atomic E-state index is 0.349. The van der Waals surface area contributed by atoms with Crippen LogP contribution >= 0.6 is 11.6 Å². The summed E-state index contributed by atoms with van der Waals surface area (Å²) in [5.41, 5.74) is 1.68. The minimum atomic E-state index is -0.349. The third kappa shape index (κ3) is 3.51. The highest BCUT2D eigenvalue weighted by atomic mass is 35.5. The van der Waals surface area contributed by atoms with Crippen LogP contribution in [0.3, 0.4) is 0 Å². The average molecular weight is 332 g/mol. The lowest BCUT2D eigenvalue weighted by Gasteiger charge is -2.07. The molecule has 3 aromatic rings. The summed E-state index contributed by atoms with van der Waals surface area (Å²) in [4.78, 5) is 16.1. The van der Waals surface area contributed by atoms with E-state index in [9.17, 15) is 4.79 Å². The van der Waals surface area contributed by atoms with Gasteiger partial charge < -0.3 is 10.1 Å². The molecule has 0 aliphatic heterocycles. The maximum atomic E-state index is 11.9. The Morgan fingerprint density at radius 1 is 1.35 bits per heavy atom. The molecule has 118 valence electrons. The van der Waals surface area contributed by atoms with Crippen molar-refractivity contribution in [1.29, 1.82) is 0 Å². The molecule has 0 aliphatic rings. The molecule has 0 atom stereocenters. The summed E-state index contributed by atoms with van der Waals surface area (Å²) >= 11 is 5.82. The number of fused-ring (bicyclic) bond motifs is 1. The molecule has 3 rings (SSSR count). The molecule has 0 unspecified atom stereocenters. The Balaban J connectivity index is 1.62. The van der Waals surface area contributed by atoms with Gasteiger partial charge in [0.05, 0.1) is 18.0 Å². The Labute approximate surface area is 137 Å². The van der Waals surface area contributed by atoms with Crippen molar-refractivity contribution in [2.45, 2.75) is 6.54 Å². The summed E-state index contributed by atoms with van der Waals surface area (Å²) in [6.07, 6.45) is 1.59. The number of aromatic nitrogens is 3. The maximum absolute atomic E-state index is 11.9. The SMILES string of the molecule is COc1n[nH]c2cc(NC(=O)NCc3ccc(Cl)cc3)ncc12. The van der Waals surface area contributed by atoms with Gasteiger partial charge in [-0.15, -0.1) is 5.10 Å². The molecule has 2 aromatic heterocycles. The summed E-state index contributed by atoms with van der Waals surface area (Å²) in [7, 11) is 1.53. The smallest absolute Gasteiger partial charge is 0.320 e. The molecule has 23 heavy (non-hydrogen) atoms. The third-order valence-corrected chi connectivity index (χ3v) is 3.47. The second kappa shape index (κ2) is 6.53. The largest absolute Gasteiger partial charge is 0.479 e. The zero-order valence-electron chi connectivity index (χ0n) is 12.3. The molecule has 8 heteroatoms. The van der Waals surface area contributed by atoms with Crippen molar-refractivity contribution < 1.29 is 9.53 Å². The van der Waals surface area contributed by atoms with Gasteiger partial charge in [-0.25, -0.2) is 9.78 Å². The van der Waals surface area contributed by atoms with Crippen LogP contribution in [0.1, 0.15) is 5.56 Å². The number of carbonyl (C=O) groups is 1. The van der Waals surface area contributed by atoms with Crippen molar-refractivity contribution in [1.82, 2.24) is 20.5 Å². The summed E-state index contributed by atoms with van der Waals surface area (Å²) in [5, 5.41) is 13.6. The number of amides is 2. The van der Waals surface area contributed by atoms with Crippen LogP contribution in [0.25, 0.3) is 10.9 Å². The molecule has 2 heterocycles. The van der Waals surface area contributed by atoms with Crippen LogP contribution in [0.5, 0.6) is 5.88 Å². The molecule has 0 spiro atoms. The number of carbonyl (C=O) groups excluding carboxylic acids is 1. The first-order valence-corrected chi connectivity index (χ1v) is 7.21. The summed E-state index contributed by atoms with van der Waals surface area (Å²) in [5.74, 6) is 0.878. The van der Waals surface area contributed by atoms with Crippen LogP contribution in [-0.4, -0.2) is 28.3 Å². The zero-order valence-corrected chi connectivity index (χ0v) is 13.0. The highest BCUT2D eigenvalue weighted by Gasteiger charge is 2.09. The normalized spacial score (nSPS) is 10.5. The molecule has 2 amide bonds. The highest BCUT2D eigenvalue weighted by molar-refractivity contribution is 6.30. The summed E-state index contributed by atoms with van der Waals surface area (Å²) in [6.45, 7) is 0.392. The number of benzene rings is 1. The number of halogens is 1. The van der Waals surface area contributed by atoms with Crippen molar-refractivity contribution in [3.05, 3.63) is 47.1 Å². The van der Waals surface area contributed by atoms with E-state index in [4.69, 9.17) is 16.3 Å². The van der Waals surface area contributed by atoms with Gasteiger partial charge in [-0.2, -0.15) is 0 Å². The quantitative estimate of drug-likeness (QED) is 0.685. The number of nitrogens with zero attached hydrogens (tertiary/aromatic N) is 2. The van der Waals surface area contributed by atoms with Gasteiger partial charge in [0.2, 0.25) is 5.88 Å². The molecule has 7 nitrogen and oxygen atoms in total. The lowest BCUT2D eigenvalue weighted by atomic mass is 10.2. The molecule has 0 saturated heterocycles. The monoisotopic (exact) mass is 331 g/mol. The van der Waals surface area contributed by atoms with Gasteiger partial charge in [-0.05, 0) is 17.7 Å². The van der Waals surface area contributed by atoms with Crippen LogP contribution in [0.2, 0.25) is 5.02 Å². The third-order valence-electron chi connectivity index (χ3n) is 3.21. The number of ether oxygens (including phenoxy) is 1. The van der Waals surface area contributed by atoms with Gasteiger partial charge in [0.1, 0.15) is 5.82 Å². The number of methoxy groups -OCH3 is 1. The van der Waals surface area contributed by atoms with Crippen molar-refractivity contribution in [3.63, 3.8) is 0 Å². The Morgan fingerprint density at radius 3 is 2.87 bits per heavy atom. The van der Waals surface area contributed by atoms with Gasteiger partial charge in [-0.1, -0.05) is 23.7 Å². The Kier molecular flexibility index (Phi) is 4.29. The van der Waals surface area contributed by atoms with E-state index in [-0.39, 0.29) is 6.03 Å². The summed E-state index contributed by atoms with van der Waals surface area (Å²) in [6, 6.07) is 8.59. The fraction of sp³-hybridized carbons (Fsp3) is 0.133. The van der Waals surface area contributed by atoms with Crippen LogP contribution in [0, 0.1) is 0 Å². The number of urea groups is 1. The first kappa shape index (κ1) is 15.1. The van der Waals surface area contributed by atoms with Gasteiger partial charge >= 0.3 is 6.03 Å². The first-order chi connectivity index (χ1) is 11.2. The molecule has 0 bridgehead atoms. The number of anilines is 1. The van der Waals surface area contributed by atoms with Crippen molar-refractivity contribution in [3.8, 4) is 5.88 Å². The van der Waals surface area contributed by atoms with E-state index in [0.717, 1.165) is 16.5 Å². The van der Waals surface area contributed by atoms with Crippen molar-refractivity contribution in [2.24, 2.45) is 0 Å². The Hall–Kier alpha value is -2.80. The summed E-state index contributed by atoms with van der Waals surface area (Å²) < 4.78 is 5.09. The number of hydrogen-bond acceptors (Lipinski definition) is 4. The number of hydrogen-bond donors (Lipinski definition) is 3. The van der Waals surface area contributed by atoms with Crippen molar-refractivity contribution >= 4 is 34.4 Å².